The predicted molar refractivity (Wildman–Crippen MR) is 100 cm³/mol. The van der Waals surface area contributed by atoms with Gasteiger partial charge in [-0.2, -0.15) is 0 Å². The third kappa shape index (κ3) is 5.28. The second kappa shape index (κ2) is 8.98. The van der Waals surface area contributed by atoms with Gasteiger partial charge in [-0.1, -0.05) is 79.7 Å². The molecule has 0 spiro atoms. The van der Waals surface area contributed by atoms with Crippen LogP contribution < -0.4 is 10.6 Å². The molecule has 0 aliphatic heterocycles. The van der Waals surface area contributed by atoms with Crippen molar-refractivity contribution in [3.63, 3.8) is 0 Å². The van der Waals surface area contributed by atoms with Crippen LogP contribution in [0.5, 0.6) is 0 Å². The van der Waals surface area contributed by atoms with Gasteiger partial charge >= 0.3 is 0 Å². The number of aliphatic hydroxyl groups excluding tert-OH is 1. The van der Waals surface area contributed by atoms with Gasteiger partial charge in [-0.25, -0.2) is 0 Å². The van der Waals surface area contributed by atoms with E-state index < -0.39 is 13.5 Å². The first-order valence-corrected chi connectivity index (χ1v) is 9.60. The fourth-order valence-corrected chi connectivity index (χ4v) is 4.62. The molecule has 2 N–H and O–H groups in total. The second-order valence-electron chi connectivity index (χ2n) is 5.61. The van der Waals surface area contributed by atoms with E-state index in [-0.39, 0.29) is 6.61 Å². The molecule has 0 amide bonds. The van der Waals surface area contributed by atoms with Crippen LogP contribution in [0.15, 0.2) is 72.8 Å². The number of allylic oxidation sites excluding steroid dienone is 1. The number of aliphatic hydroxyl groups is 2. The lowest BCUT2D eigenvalue weighted by atomic mass is 9.97. The summed E-state index contributed by atoms with van der Waals surface area (Å²) in [5.41, 5.74) is -0.900. The smallest absolute Gasteiger partial charge is 0.0847 e. The van der Waals surface area contributed by atoms with Gasteiger partial charge in [-0.05, 0) is 31.1 Å². The Labute approximate surface area is 140 Å². The molecule has 0 aromatic heterocycles. The maximum atomic E-state index is 10.4. The van der Waals surface area contributed by atoms with Crippen LogP contribution in [0.2, 0.25) is 0 Å². The van der Waals surface area contributed by atoms with Crippen molar-refractivity contribution in [1.82, 2.24) is 0 Å². The molecule has 1 atom stereocenters. The van der Waals surface area contributed by atoms with Gasteiger partial charge in [0.05, 0.1) is 5.60 Å². The SMILES string of the molecule is CCC(O)(/C=C/CP(c1ccccc1)c1ccccc1)CCO. The van der Waals surface area contributed by atoms with Crippen LogP contribution in [0.3, 0.4) is 0 Å². The number of hydrogen-bond acceptors (Lipinski definition) is 2. The highest BCUT2D eigenvalue weighted by atomic mass is 31.1. The molecule has 2 nitrogen and oxygen atoms in total. The van der Waals surface area contributed by atoms with Crippen LogP contribution in [0, 0.1) is 0 Å². The van der Waals surface area contributed by atoms with Gasteiger partial charge in [-0.15, -0.1) is 0 Å². The Morgan fingerprint density at radius 3 is 1.91 bits per heavy atom. The summed E-state index contributed by atoms with van der Waals surface area (Å²) in [6.07, 6.45) is 5.82. The molecule has 2 rings (SSSR count). The minimum absolute atomic E-state index is 0.000806. The number of hydrogen-bond donors (Lipinski definition) is 2. The fourth-order valence-electron chi connectivity index (χ4n) is 2.52. The van der Waals surface area contributed by atoms with Gasteiger partial charge in [0.15, 0.2) is 0 Å². The molecule has 0 heterocycles. The summed E-state index contributed by atoms with van der Waals surface area (Å²) in [6, 6.07) is 21.1. The molecule has 2 aromatic rings. The summed E-state index contributed by atoms with van der Waals surface area (Å²) in [5, 5.41) is 22.2. The van der Waals surface area contributed by atoms with Gasteiger partial charge in [0.2, 0.25) is 0 Å². The average Bonchev–Trinajstić information content (AvgIpc) is 2.60. The molecule has 0 aliphatic carbocycles. The van der Waals surface area contributed by atoms with E-state index in [0.29, 0.717) is 12.8 Å². The van der Waals surface area contributed by atoms with Crippen molar-refractivity contribution >= 4 is 18.5 Å². The van der Waals surface area contributed by atoms with Crippen LogP contribution in [-0.2, 0) is 0 Å². The highest BCUT2D eigenvalue weighted by Gasteiger charge is 2.20. The summed E-state index contributed by atoms with van der Waals surface area (Å²) in [4.78, 5) is 0. The van der Waals surface area contributed by atoms with Crippen LogP contribution in [0.1, 0.15) is 19.8 Å². The summed E-state index contributed by atoms with van der Waals surface area (Å²) in [7, 11) is -0.479. The van der Waals surface area contributed by atoms with Crippen molar-refractivity contribution in [2.24, 2.45) is 0 Å². The van der Waals surface area contributed by atoms with Crippen LogP contribution in [-0.4, -0.2) is 28.6 Å². The Balaban J connectivity index is 2.19. The zero-order valence-corrected chi connectivity index (χ0v) is 14.5. The lowest BCUT2D eigenvalue weighted by Crippen LogP contribution is -2.26. The zero-order valence-electron chi connectivity index (χ0n) is 13.6. The van der Waals surface area contributed by atoms with Crippen molar-refractivity contribution in [2.75, 3.05) is 12.8 Å². The summed E-state index contributed by atoms with van der Waals surface area (Å²) >= 11 is 0. The first kappa shape index (κ1) is 17.9. The highest BCUT2D eigenvalue weighted by Crippen LogP contribution is 2.33. The molecule has 0 saturated heterocycles. The number of rotatable bonds is 8. The van der Waals surface area contributed by atoms with Crippen molar-refractivity contribution in [3.8, 4) is 0 Å². The summed E-state index contributed by atoms with van der Waals surface area (Å²) in [5.74, 6) is 0. The van der Waals surface area contributed by atoms with E-state index >= 15 is 0 Å². The van der Waals surface area contributed by atoms with Gasteiger partial charge in [0.25, 0.3) is 0 Å². The average molecular weight is 328 g/mol. The van der Waals surface area contributed by atoms with Crippen molar-refractivity contribution in [3.05, 3.63) is 72.8 Å². The molecule has 122 valence electrons. The Hall–Kier alpha value is -1.47. The normalized spacial score (nSPS) is 14.3. The van der Waals surface area contributed by atoms with Gasteiger partial charge in [-0.3, -0.25) is 0 Å². The summed E-state index contributed by atoms with van der Waals surface area (Å²) < 4.78 is 0. The first-order valence-electron chi connectivity index (χ1n) is 8.07. The van der Waals surface area contributed by atoms with E-state index in [4.69, 9.17) is 5.11 Å². The topological polar surface area (TPSA) is 40.5 Å². The Kier molecular flexibility index (Phi) is 6.98. The fraction of sp³-hybridized carbons (Fsp3) is 0.300. The van der Waals surface area contributed by atoms with Gasteiger partial charge in [0.1, 0.15) is 0 Å². The largest absolute Gasteiger partial charge is 0.396 e. The molecule has 3 heteroatoms. The van der Waals surface area contributed by atoms with Crippen molar-refractivity contribution in [2.45, 2.75) is 25.4 Å². The van der Waals surface area contributed by atoms with E-state index in [1.807, 2.05) is 25.1 Å². The second-order valence-corrected chi connectivity index (χ2v) is 7.87. The van der Waals surface area contributed by atoms with Gasteiger partial charge in [0, 0.05) is 13.0 Å². The quantitative estimate of drug-likeness (QED) is 0.577. The Morgan fingerprint density at radius 2 is 1.48 bits per heavy atom. The Bertz CT molecular complexity index is 558. The molecular formula is C20H25O2P. The molecular weight excluding hydrogens is 303 g/mol. The van der Waals surface area contributed by atoms with E-state index in [0.717, 1.165) is 6.16 Å². The highest BCUT2D eigenvalue weighted by molar-refractivity contribution is 7.73. The van der Waals surface area contributed by atoms with Crippen LogP contribution in [0.4, 0.5) is 0 Å². The van der Waals surface area contributed by atoms with E-state index in [2.05, 4.69) is 54.6 Å². The van der Waals surface area contributed by atoms with E-state index in [1.165, 1.54) is 10.6 Å². The molecule has 23 heavy (non-hydrogen) atoms. The van der Waals surface area contributed by atoms with Crippen LogP contribution >= 0.6 is 7.92 Å². The van der Waals surface area contributed by atoms with E-state index in [1.54, 1.807) is 0 Å². The van der Waals surface area contributed by atoms with Crippen molar-refractivity contribution < 1.29 is 10.2 Å². The van der Waals surface area contributed by atoms with Crippen molar-refractivity contribution in [1.29, 1.82) is 0 Å². The van der Waals surface area contributed by atoms with Gasteiger partial charge < -0.3 is 10.2 Å². The monoisotopic (exact) mass is 328 g/mol. The third-order valence-electron chi connectivity index (χ3n) is 4.01. The standard InChI is InChI=1S/C20H25O2P/c1-2-20(22,15-16-21)14-9-17-23(18-10-5-3-6-11-18)19-12-7-4-8-13-19/h3-14,21-22H,2,15-17H2,1H3/b14-9+. The van der Waals surface area contributed by atoms with Crippen LogP contribution in [0.25, 0.3) is 0 Å². The lowest BCUT2D eigenvalue weighted by molar-refractivity contribution is 0.0574. The molecule has 0 bridgehead atoms. The third-order valence-corrected chi connectivity index (χ3v) is 6.43. The molecule has 2 aromatic carbocycles. The summed E-state index contributed by atoms with van der Waals surface area (Å²) in [6.45, 7) is 1.94. The predicted octanol–water partition coefficient (Wildman–Crippen LogP) is 3.20. The minimum Gasteiger partial charge on any atom is -0.396 e. The zero-order chi connectivity index (χ0) is 16.5. The molecule has 0 fully saturated rings. The minimum atomic E-state index is -0.900. The molecule has 0 aliphatic rings. The maximum Gasteiger partial charge on any atom is 0.0847 e. The number of benzene rings is 2. The molecule has 1 unspecified atom stereocenters. The molecule has 0 saturated carbocycles. The Morgan fingerprint density at radius 1 is 0.957 bits per heavy atom. The maximum absolute atomic E-state index is 10.4. The lowest BCUT2D eigenvalue weighted by Gasteiger charge is -2.22. The van der Waals surface area contributed by atoms with E-state index in [9.17, 15) is 5.11 Å². The first-order chi connectivity index (χ1) is 11.2. The molecule has 0 radical (unpaired) electrons.